The van der Waals surface area contributed by atoms with E-state index in [1.165, 1.54) is 64.3 Å². The van der Waals surface area contributed by atoms with E-state index >= 15 is 0 Å². The largest absolute Gasteiger partial charge is 0.330 e. The molecule has 0 aromatic heterocycles. The van der Waals surface area contributed by atoms with Gasteiger partial charge in [0.05, 0.1) is 0 Å². The van der Waals surface area contributed by atoms with Crippen LogP contribution in [0.4, 0.5) is 0 Å². The van der Waals surface area contributed by atoms with Crippen molar-refractivity contribution < 1.29 is 0 Å². The maximum Gasteiger partial charge on any atom is 0.0189 e. The van der Waals surface area contributed by atoms with Crippen molar-refractivity contribution in [1.29, 1.82) is 0 Å². The minimum atomic E-state index is 0.578. The molecular weight excluding hydrogens is 244 g/mol. The molecule has 4 rings (SSSR count). The van der Waals surface area contributed by atoms with Crippen molar-refractivity contribution >= 4 is 0 Å². The monoisotopic (exact) mass is 278 g/mol. The first-order valence-corrected chi connectivity index (χ1v) is 9.25. The van der Waals surface area contributed by atoms with Gasteiger partial charge >= 0.3 is 0 Å². The van der Waals surface area contributed by atoms with Gasteiger partial charge in [0.1, 0.15) is 0 Å². The minimum Gasteiger partial charge on any atom is -0.330 e. The lowest BCUT2D eigenvalue weighted by Gasteiger charge is -2.57. The van der Waals surface area contributed by atoms with Gasteiger partial charge in [-0.15, -0.1) is 0 Å². The zero-order valence-corrected chi connectivity index (χ0v) is 13.2. The van der Waals surface area contributed by atoms with Gasteiger partial charge in [0.2, 0.25) is 0 Å². The van der Waals surface area contributed by atoms with Crippen LogP contribution < -0.4 is 11.1 Å². The van der Waals surface area contributed by atoms with Crippen LogP contribution in [0.1, 0.15) is 77.0 Å². The van der Waals surface area contributed by atoms with Crippen LogP contribution in [0.2, 0.25) is 0 Å². The molecule has 4 aliphatic carbocycles. The quantitative estimate of drug-likeness (QED) is 0.629. The fourth-order valence-corrected chi connectivity index (χ4v) is 5.66. The number of rotatable bonds is 9. The van der Waals surface area contributed by atoms with E-state index < -0.39 is 0 Å². The predicted molar refractivity (Wildman–Crippen MR) is 85.7 cm³/mol. The Kier molecular flexibility index (Phi) is 5.04. The smallest absolute Gasteiger partial charge is 0.0189 e. The maximum absolute atomic E-state index is 5.52. The SMILES string of the molecule is NCCCCCCCCNC12CC3CC(CC(C3)C1)C2. The molecule has 0 amide bonds. The first-order valence-electron chi connectivity index (χ1n) is 9.25. The first kappa shape index (κ1) is 14.8. The molecule has 0 aromatic carbocycles. The van der Waals surface area contributed by atoms with Gasteiger partial charge in [-0.05, 0) is 82.2 Å². The minimum absolute atomic E-state index is 0.578. The molecule has 0 unspecified atom stereocenters. The van der Waals surface area contributed by atoms with Crippen LogP contribution in [0.25, 0.3) is 0 Å². The van der Waals surface area contributed by atoms with E-state index in [0.29, 0.717) is 5.54 Å². The summed E-state index contributed by atoms with van der Waals surface area (Å²) in [4.78, 5) is 0. The third-order valence-corrected chi connectivity index (χ3v) is 6.17. The highest BCUT2D eigenvalue weighted by Crippen LogP contribution is 2.55. The van der Waals surface area contributed by atoms with Crippen LogP contribution in [-0.4, -0.2) is 18.6 Å². The molecule has 3 N–H and O–H groups in total. The van der Waals surface area contributed by atoms with Crippen LogP contribution in [0.5, 0.6) is 0 Å². The molecule has 0 aliphatic heterocycles. The van der Waals surface area contributed by atoms with E-state index in [4.69, 9.17) is 5.73 Å². The van der Waals surface area contributed by atoms with E-state index in [0.717, 1.165) is 24.3 Å². The molecule has 0 atom stereocenters. The zero-order valence-electron chi connectivity index (χ0n) is 13.2. The standard InChI is InChI=1S/C18H34N2/c19-7-5-3-1-2-4-6-8-20-18-12-15-9-16(13-18)11-17(10-15)14-18/h15-17,20H,1-14,19H2. The molecule has 4 bridgehead atoms. The summed E-state index contributed by atoms with van der Waals surface area (Å²) in [6.07, 6.45) is 17.3. The summed E-state index contributed by atoms with van der Waals surface area (Å²) in [5, 5.41) is 4.01. The number of nitrogens with one attached hydrogen (secondary N) is 1. The highest BCUT2D eigenvalue weighted by atomic mass is 15.0. The number of unbranched alkanes of at least 4 members (excludes halogenated alkanes) is 5. The summed E-state index contributed by atoms with van der Waals surface area (Å²) < 4.78 is 0. The predicted octanol–water partition coefficient (Wildman–Crippen LogP) is 3.84. The van der Waals surface area contributed by atoms with Crippen LogP contribution in [-0.2, 0) is 0 Å². The molecule has 0 spiro atoms. The van der Waals surface area contributed by atoms with Crippen molar-refractivity contribution in [2.75, 3.05) is 13.1 Å². The molecule has 0 radical (unpaired) electrons. The van der Waals surface area contributed by atoms with E-state index in [9.17, 15) is 0 Å². The Labute approximate surface area is 125 Å². The molecule has 116 valence electrons. The Morgan fingerprint density at radius 3 is 1.80 bits per heavy atom. The number of hydrogen-bond donors (Lipinski definition) is 2. The molecule has 2 nitrogen and oxygen atoms in total. The lowest BCUT2D eigenvalue weighted by molar-refractivity contribution is -0.0196. The lowest BCUT2D eigenvalue weighted by atomic mass is 9.53. The topological polar surface area (TPSA) is 38.0 Å². The highest BCUT2D eigenvalue weighted by Gasteiger charge is 2.50. The average molecular weight is 278 g/mol. The first-order chi connectivity index (χ1) is 9.80. The second-order valence-corrected chi connectivity index (χ2v) is 8.03. The van der Waals surface area contributed by atoms with E-state index in [1.54, 1.807) is 19.3 Å². The highest BCUT2D eigenvalue weighted by molar-refractivity contribution is 5.06. The molecule has 2 heteroatoms. The van der Waals surface area contributed by atoms with Crippen molar-refractivity contribution in [1.82, 2.24) is 5.32 Å². The zero-order chi connectivity index (χ0) is 13.8. The Morgan fingerprint density at radius 2 is 1.25 bits per heavy atom. The molecule has 0 saturated heterocycles. The molecule has 20 heavy (non-hydrogen) atoms. The fraction of sp³-hybridized carbons (Fsp3) is 1.00. The van der Waals surface area contributed by atoms with Gasteiger partial charge in [0.15, 0.2) is 0 Å². The fourth-order valence-electron chi connectivity index (χ4n) is 5.66. The van der Waals surface area contributed by atoms with Crippen molar-refractivity contribution in [3.05, 3.63) is 0 Å². The van der Waals surface area contributed by atoms with Crippen molar-refractivity contribution in [3.63, 3.8) is 0 Å². The summed E-state index contributed by atoms with van der Waals surface area (Å²) in [6, 6.07) is 0. The Bertz CT molecular complexity index is 265. The van der Waals surface area contributed by atoms with Gasteiger partial charge in [-0.1, -0.05) is 25.7 Å². The summed E-state index contributed by atoms with van der Waals surface area (Å²) in [5.74, 6) is 3.22. The molecular formula is C18H34N2. The van der Waals surface area contributed by atoms with Crippen LogP contribution >= 0.6 is 0 Å². The van der Waals surface area contributed by atoms with Gasteiger partial charge in [0, 0.05) is 5.54 Å². The van der Waals surface area contributed by atoms with Gasteiger partial charge in [-0.25, -0.2) is 0 Å². The Morgan fingerprint density at radius 1 is 0.750 bits per heavy atom. The third-order valence-electron chi connectivity index (χ3n) is 6.17. The average Bonchev–Trinajstić information content (AvgIpc) is 2.40. The van der Waals surface area contributed by atoms with Crippen LogP contribution in [0, 0.1) is 17.8 Å². The normalized spacial score (nSPS) is 38.5. The molecule has 4 fully saturated rings. The van der Waals surface area contributed by atoms with Crippen LogP contribution in [0.3, 0.4) is 0 Å². The third kappa shape index (κ3) is 3.57. The lowest BCUT2D eigenvalue weighted by Crippen LogP contribution is -2.58. The molecule has 4 saturated carbocycles. The number of nitrogens with two attached hydrogens (primary N) is 1. The van der Waals surface area contributed by atoms with Crippen molar-refractivity contribution in [2.45, 2.75) is 82.6 Å². The van der Waals surface area contributed by atoms with E-state index in [2.05, 4.69) is 5.32 Å². The second kappa shape index (κ2) is 6.79. The summed E-state index contributed by atoms with van der Waals surface area (Å²) in [5.41, 5.74) is 6.10. The summed E-state index contributed by atoms with van der Waals surface area (Å²) in [6.45, 7) is 2.14. The van der Waals surface area contributed by atoms with E-state index in [-0.39, 0.29) is 0 Å². The molecule has 0 aromatic rings. The van der Waals surface area contributed by atoms with E-state index in [1.807, 2.05) is 0 Å². The van der Waals surface area contributed by atoms with Gasteiger partial charge < -0.3 is 11.1 Å². The van der Waals surface area contributed by atoms with Gasteiger partial charge in [-0.2, -0.15) is 0 Å². The van der Waals surface area contributed by atoms with Crippen LogP contribution in [0.15, 0.2) is 0 Å². The maximum atomic E-state index is 5.52. The van der Waals surface area contributed by atoms with Gasteiger partial charge in [0.25, 0.3) is 0 Å². The van der Waals surface area contributed by atoms with Crippen molar-refractivity contribution in [3.8, 4) is 0 Å². The second-order valence-electron chi connectivity index (χ2n) is 8.03. The molecule has 4 aliphatic rings. The van der Waals surface area contributed by atoms with Gasteiger partial charge in [-0.3, -0.25) is 0 Å². The van der Waals surface area contributed by atoms with Crippen molar-refractivity contribution in [2.24, 2.45) is 23.5 Å². The summed E-state index contributed by atoms with van der Waals surface area (Å²) in [7, 11) is 0. The Hall–Kier alpha value is -0.0800. The summed E-state index contributed by atoms with van der Waals surface area (Å²) >= 11 is 0. The molecule has 0 heterocycles. The Balaban J connectivity index is 1.31. The number of hydrogen-bond acceptors (Lipinski definition) is 2.